The van der Waals surface area contributed by atoms with Gasteiger partial charge in [0, 0.05) is 25.0 Å². The van der Waals surface area contributed by atoms with Gasteiger partial charge in [-0.05, 0) is 61.2 Å². The van der Waals surface area contributed by atoms with Crippen LogP contribution < -0.4 is 25.0 Å². The minimum absolute atomic E-state index is 0.214. The molecule has 0 radical (unpaired) electrons. The first-order chi connectivity index (χ1) is 16.4. The summed E-state index contributed by atoms with van der Waals surface area (Å²) in [5, 5.41) is 5.57. The van der Waals surface area contributed by atoms with Crippen LogP contribution in [0.3, 0.4) is 0 Å². The van der Waals surface area contributed by atoms with Gasteiger partial charge >= 0.3 is 6.09 Å². The second-order valence-corrected chi connectivity index (χ2v) is 8.23. The number of aromatic nitrogens is 2. The average molecular weight is 462 g/mol. The van der Waals surface area contributed by atoms with Gasteiger partial charge in [-0.3, -0.25) is 4.79 Å². The number of nitrogens with zero attached hydrogens (tertiary/aromatic N) is 3. The number of hydrogen-bond donors (Lipinski definition) is 2. The smallest absolute Gasteiger partial charge is 0.413 e. The van der Waals surface area contributed by atoms with E-state index in [1.54, 1.807) is 7.11 Å². The molecule has 9 nitrogen and oxygen atoms in total. The maximum absolute atomic E-state index is 12.7. The second kappa shape index (κ2) is 9.78. The van der Waals surface area contributed by atoms with Gasteiger partial charge in [0.1, 0.15) is 17.6 Å². The largest absolute Gasteiger partial charge is 0.497 e. The van der Waals surface area contributed by atoms with E-state index in [1.165, 1.54) is 18.7 Å². The van der Waals surface area contributed by atoms with Gasteiger partial charge in [-0.15, -0.1) is 0 Å². The van der Waals surface area contributed by atoms with E-state index in [0.29, 0.717) is 19.4 Å². The Balaban J connectivity index is 1.31. The molecule has 0 bridgehead atoms. The van der Waals surface area contributed by atoms with Crippen molar-refractivity contribution in [3.63, 3.8) is 0 Å². The molecule has 3 aromatic rings. The van der Waals surface area contributed by atoms with Gasteiger partial charge in [0.15, 0.2) is 5.75 Å². The SMILES string of the molecule is COc1ccc(N(C)c2ccc(CNC(=O)C3(NC(=O)Oc4cncnc4)CC3)cc2)c(C)c1. The van der Waals surface area contributed by atoms with Crippen molar-refractivity contribution < 1.29 is 19.1 Å². The van der Waals surface area contributed by atoms with Crippen molar-refractivity contribution in [1.29, 1.82) is 0 Å². The van der Waals surface area contributed by atoms with Crippen molar-refractivity contribution in [2.45, 2.75) is 31.8 Å². The van der Waals surface area contributed by atoms with E-state index in [4.69, 9.17) is 9.47 Å². The fourth-order valence-electron chi connectivity index (χ4n) is 3.66. The lowest BCUT2D eigenvalue weighted by molar-refractivity contribution is -0.124. The number of hydrogen-bond acceptors (Lipinski definition) is 7. The zero-order valence-corrected chi connectivity index (χ0v) is 19.4. The Kier molecular flexibility index (Phi) is 6.62. The zero-order valence-electron chi connectivity index (χ0n) is 19.4. The quantitative estimate of drug-likeness (QED) is 0.529. The van der Waals surface area contributed by atoms with Crippen LogP contribution in [0.5, 0.6) is 11.5 Å². The summed E-state index contributed by atoms with van der Waals surface area (Å²) in [6, 6.07) is 13.9. The van der Waals surface area contributed by atoms with Crippen LogP contribution >= 0.6 is 0 Å². The molecule has 34 heavy (non-hydrogen) atoms. The highest BCUT2D eigenvalue weighted by Crippen LogP contribution is 2.36. The molecule has 1 heterocycles. The normalized spacial score (nSPS) is 13.5. The third-order valence-electron chi connectivity index (χ3n) is 5.82. The van der Waals surface area contributed by atoms with E-state index in [2.05, 4.69) is 25.5 Å². The minimum Gasteiger partial charge on any atom is -0.497 e. The van der Waals surface area contributed by atoms with E-state index in [0.717, 1.165) is 28.3 Å². The molecular weight excluding hydrogens is 434 g/mol. The highest BCUT2D eigenvalue weighted by atomic mass is 16.6. The first-order valence-electron chi connectivity index (χ1n) is 10.9. The van der Waals surface area contributed by atoms with Gasteiger partial charge < -0.3 is 25.0 Å². The number of aryl methyl sites for hydroxylation is 1. The summed E-state index contributed by atoms with van der Waals surface area (Å²) < 4.78 is 10.4. The second-order valence-electron chi connectivity index (χ2n) is 8.23. The fraction of sp³-hybridized carbons (Fsp3) is 0.280. The van der Waals surface area contributed by atoms with Crippen LogP contribution in [-0.4, -0.2) is 41.7 Å². The van der Waals surface area contributed by atoms with Crippen LogP contribution in [0.25, 0.3) is 0 Å². The minimum atomic E-state index is -0.932. The van der Waals surface area contributed by atoms with Gasteiger partial charge in [-0.2, -0.15) is 0 Å². The van der Waals surface area contributed by atoms with Crippen LogP contribution in [0, 0.1) is 6.92 Å². The first-order valence-corrected chi connectivity index (χ1v) is 10.9. The molecule has 0 unspecified atom stereocenters. The molecule has 0 saturated heterocycles. The molecule has 1 fully saturated rings. The molecule has 4 rings (SSSR count). The predicted molar refractivity (Wildman–Crippen MR) is 127 cm³/mol. The van der Waals surface area contributed by atoms with Crippen molar-refractivity contribution in [2.24, 2.45) is 0 Å². The Hall–Kier alpha value is -4.14. The Labute approximate surface area is 198 Å². The van der Waals surface area contributed by atoms with Crippen molar-refractivity contribution >= 4 is 23.4 Å². The third kappa shape index (κ3) is 5.25. The number of amides is 2. The van der Waals surface area contributed by atoms with Crippen molar-refractivity contribution in [3.8, 4) is 11.5 Å². The molecule has 1 aromatic heterocycles. The van der Waals surface area contributed by atoms with Gasteiger partial charge in [-0.25, -0.2) is 14.8 Å². The van der Waals surface area contributed by atoms with Crippen molar-refractivity contribution in [3.05, 3.63) is 72.3 Å². The molecule has 2 amide bonds. The predicted octanol–water partition coefficient (Wildman–Crippen LogP) is 3.50. The maximum atomic E-state index is 12.7. The summed E-state index contributed by atoms with van der Waals surface area (Å²) >= 11 is 0. The van der Waals surface area contributed by atoms with Gasteiger partial charge in [0.25, 0.3) is 0 Å². The topological polar surface area (TPSA) is 106 Å². The molecule has 1 aliphatic rings. The van der Waals surface area contributed by atoms with E-state index in [-0.39, 0.29) is 11.7 Å². The molecule has 0 aliphatic heterocycles. The molecule has 176 valence electrons. The molecular formula is C25H27N5O4. The molecule has 1 aliphatic carbocycles. The Bertz CT molecular complexity index is 1160. The Morgan fingerprint density at radius 3 is 2.38 bits per heavy atom. The summed E-state index contributed by atoms with van der Waals surface area (Å²) in [6.45, 7) is 2.40. The van der Waals surface area contributed by atoms with E-state index < -0.39 is 11.6 Å². The number of benzene rings is 2. The number of methoxy groups -OCH3 is 1. The van der Waals surface area contributed by atoms with Crippen LogP contribution in [-0.2, 0) is 11.3 Å². The van der Waals surface area contributed by atoms with E-state index >= 15 is 0 Å². The van der Waals surface area contributed by atoms with Crippen LogP contribution in [0.1, 0.15) is 24.0 Å². The molecule has 2 N–H and O–H groups in total. The highest BCUT2D eigenvalue weighted by molar-refractivity contribution is 5.93. The van der Waals surface area contributed by atoms with E-state index in [1.807, 2.05) is 56.4 Å². The van der Waals surface area contributed by atoms with Crippen molar-refractivity contribution in [2.75, 3.05) is 19.1 Å². The first kappa shape index (κ1) is 23.0. The molecule has 0 atom stereocenters. The molecule has 2 aromatic carbocycles. The van der Waals surface area contributed by atoms with Crippen LogP contribution in [0.2, 0.25) is 0 Å². The number of anilines is 2. The average Bonchev–Trinajstić information content (AvgIpc) is 3.63. The van der Waals surface area contributed by atoms with Crippen molar-refractivity contribution in [1.82, 2.24) is 20.6 Å². The van der Waals surface area contributed by atoms with Gasteiger partial charge in [0.05, 0.1) is 19.5 Å². The van der Waals surface area contributed by atoms with Gasteiger partial charge in [0.2, 0.25) is 5.91 Å². The number of carbonyl (C=O) groups excluding carboxylic acids is 2. The Morgan fingerprint density at radius 1 is 1.06 bits per heavy atom. The zero-order chi connectivity index (χ0) is 24.1. The summed E-state index contributed by atoms with van der Waals surface area (Å²) in [7, 11) is 3.66. The van der Waals surface area contributed by atoms with Crippen LogP contribution in [0.4, 0.5) is 16.2 Å². The summed E-state index contributed by atoms with van der Waals surface area (Å²) in [5.41, 5.74) is 3.24. The monoisotopic (exact) mass is 461 g/mol. The maximum Gasteiger partial charge on any atom is 0.413 e. The highest BCUT2D eigenvalue weighted by Gasteiger charge is 2.51. The number of rotatable bonds is 8. The summed E-state index contributed by atoms with van der Waals surface area (Å²) in [4.78, 5) is 34.5. The molecule has 9 heteroatoms. The number of carbonyl (C=O) groups is 2. The number of nitrogens with one attached hydrogen (secondary N) is 2. The third-order valence-corrected chi connectivity index (χ3v) is 5.82. The van der Waals surface area contributed by atoms with E-state index in [9.17, 15) is 9.59 Å². The fourth-order valence-corrected chi connectivity index (χ4v) is 3.66. The lowest BCUT2D eigenvalue weighted by Gasteiger charge is -2.22. The van der Waals surface area contributed by atoms with Gasteiger partial charge in [-0.1, -0.05) is 12.1 Å². The summed E-state index contributed by atoms with van der Waals surface area (Å²) in [5.74, 6) is 0.806. The summed E-state index contributed by atoms with van der Waals surface area (Å²) in [6.07, 6.45) is 4.51. The standard InChI is InChI=1S/C25H27N5O4/c1-17-12-20(33-3)8-9-22(17)30(2)19-6-4-18(5-7-19)13-28-23(31)25(10-11-25)29-24(32)34-21-14-26-16-27-15-21/h4-9,12,14-16H,10-11,13H2,1-3H3,(H,28,31)(H,29,32). The lowest BCUT2D eigenvalue weighted by atomic mass is 10.1. The number of ether oxygens (including phenoxy) is 2. The Morgan fingerprint density at radius 2 is 1.76 bits per heavy atom. The molecule has 0 spiro atoms. The van der Waals surface area contributed by atoms with Crippen LogP contribution in [0.15, 0.2) is 61.2 Å². The molecule has 1 saturated carbocycles. The lowest BCUT2D eigenvalue weighted by Crippen LogP contribution is -2.49.